The number of carbonyl (C=O) groups excluding carboxylic acids is 6. The van der Waals surface area contributed by atoms with Crippen LogP contribution in [0, 0.1) is 0 Å². The molecule has 1 aromatic carbocycles. The molecular formula is C27H29N9O9S2. The van der Waals surface area contributed by atoms with Gasteiger partial charge in [0.25, 0.3) is 5.91 Å². The smallest absolute Gasteiger partial charge is 0.352 e. The number of piperazine rings is 1. The van der Waals surface area contributed by atoms with Crippen molar-refractivity contribution in [2.24, 2.45) is 7.05 Å². The van der Waals surface area contributed by atoms with Gasteiger partial charge in [0.15, 0.2) is 0 Å². The van der Waals surface area contributed by atoms with Crippen LogP contribution < -0.4 is 15.4 Å². The van der Waals surface area contributed by atoms with Crippen LogP contribution in [0.15, 0.2) is 40.7 Å². The fraction of sp³-hybridized carbons (Fsp3) is 0.407. The number of benzene rings is 1. The van der Waals surface area contributed by atoms with E-state index in [1.807, 2.05) is 0 Å². The highest BCUT2D eigenvalue weighted by atomic mass is 32.2. The maximum absolute atomic E-state index is 13.7. The number of nitrogens with zero attached hydrogens (tertiary/aromatic N) is 7. The number of rotatable bonds is 10. The Morgan fingerprint density at radius 3 is 2.47 bits per heavy atom. The second-order valence-electron chi connectivity index (χ2n) is 10.4. The summed E-state index contributed by atoms with van der Waals surface area (Å²) in [5, 5.41) is 26.0. The van der Waals surface area contributed by atoms with Gasteiger partial charge in [-0.1, -0.05) is 23.9 Å². The lowest BCUT2D eigenvalue weighted by atomic mass is 10.0. The molecule has 2 aromatic rings. The molecule has 0 spiro atoms. The molecule has 3 atom stereocenters. The van der Waals surface area contributed by atoms with Gasteiger partial charge in [0.2, 0.25) is 11.1 Å². The number of esters is 1. The van der Waals surface area contributed by atoms with E-state index >= 15 is 0 Å². The molecule has 20 heteroatoms. The number of urea groups is 1. The lowest BCUT2D eigenvalue weighted by Crippen LogP contribution is -2.71. The van der Waals surface area contributed by atoms with Crippen molar-refractivity contribution >= 4 is 65.1 Å². The summed E-state index contributed by atoms with van der Waals surface area (Å²) in [4.78, 5) is 92.1. The van der Waals surface area contributed by atoms with Gasteiger partial charge >= 0.3 is 29.8 Å². The van der Waals surface area contributed by atoms with Gasteiger partial charge in [-0.05, 0) is 40.6 Å². The monoisotopic (exact) mass is 687 g/mol. The van der Waals surface area contributed by atoms with Gasteiger partial charge in [-0.3, -0.25) is 33.8 Å². The number of carboxylic acid groups (broad SMARTS) is 1. The molecule has 47 heavy (non-hydrogen) atoms. The van der Waals surface area contributed by atoms with Crippen LogP contribution in [0.3, 0.4) is 0 Å². The Bertz CT molecular complexity index is 1680. The molecule has 1 aromatic heterocycles. The molecule has 248 valence electrons. The molecule has 2 fully saturated rings. The number of ether oxygens (including phenoxy) is 1. The maximum atomic E-state index is 13.7. The van der Waals surface area contributed by atoms with Gasteiger partial charge in [0.1, 0.15) is 28.9 Å². The minimum Gasteiger partial charge on any atom is -0.477 e. The van der Waals surface area contributed by atoms with Crippen LogP contribution in [0.4, 0.5) is 4.79 Å². The van der Waals surface area contributed by atoms with Crippen LogP contribution in [0.5, 0.6) is 5.75 Å². The van der Waals surface area contributed by atoms with Crippen molar-refractivity contribution in [1.29, 1.82) is 0 Å². The number of aromatic nitrogens is 4. The predicted octanol–water partition coefficient (Wildman–Crippen LogP) is -0.892. The number of likely N-dealkylation sites (N-methyl/N-ethyl adjacent to an activating group) is 1. The van der Waals surface area contributed by atoms with E-state index in [9.17, 15) is 38.7 Å². The summed E-state index contributed by atoms with van der Waals surface area (Å²) >= 11 is 2.47. The van der Waals surface area contributed by atoms with Gasteiger partial charge in [0, 0.05) is 45.1 Å². The van der Waals surface area contributed by atoms with E-state index in [1.54, 1.807) is 14.0 Å². The van der Waals surface area contributed by atoms with Crippen LogP contribution in [-0.2, 0) is 35.8 Å². The lowest BCUT2D eigenvalue weighted by molar-refractivity contribution is -0.153. The normalized spacial score (nSPS) is 20.0. The SMILES string of the molecule is CCN1CCN(C(=O)NC(C(=O)NC2C(=O)N3C(C(=O)O)=C(CSc4nnnn4C)CSC23)c2ccc(OC(C)=O)cc2)C(=O)C1=O. The van der Waals surface area contributed by atoms with Crippen molar-refractivity contribution in [2.45, 2.75) is 36.5 Å². The Labute approximate surface area is 275 Å². The van der Waals surface area contributed by atoms with E-state index in [2.05, 4.69) is 26.2 Å². The van der Waals surface area contributed by atoms with Crippen molar-refractivity contribution in [3.05, 3.63) is 41.1 Å². The number of thioether (sulfide) groups is 2. The van der Waals surface area contributed by atoms with Crippen LogP contribution in [-0.4, -0.2) is 124 Å². The number of hydrogen-bond donors (Lipinski definition) is 3. The number of carboxylic acids is 1. The zero-order valence-corrected chi connectivity index (χ0v) is 26.9. The number of aryl methyl sites for hydroxylation is 1. The molecular weight excluding hydrogens is 658 g/mol. The first kappa shape index (κ1) is 33.4. The van der Waals surface area contributed by atoms with Crippen LogP contribution in [0.1, 0.15) is 25.5 Å². The first-order chi connectivity index (χ1) is 22.4. The third-order valence-corrected chi connectivity index (χ3v) is 9.88. The number of tetrazole rings is 1. The maximum Gasteiger partial charge on any atom is 0.352 e. The number of carbonyl (C=O) groups is 7. The highest BCUT2D eigenvalue weighted by molar-refractivity contribution is 8.01. The number of nitrogens with one attached hydrogen (secondary N) is 2. The van der Waals surface area contributed by atoms with E-state index in [1.165, 1.54) is 64.3 Å². The molecule has 18 nitrogen and oxygen atoms in total. The van der Waals surface area contributed by atoms with E-state index in [-0.39, 0.29) is 48.1 Å². The Morgan fingerprint density at radius 2 is 1.85 bits per heavy atom. The third-order valence-electron chi connectivity index (χ3n) is 7.45. The Kier molecular flexibility index (Phi) is 9.80. The van der Waals surface area contributed by atoms with Gasteiger partial charge in [-0.15, -0.1) is 16.9 Å². The van der Waals surface area contributed by atoms with Crippen molar-refractivity contribution in [2.75, 3.05) is 31.1 Å². The standard InChI is InChI=1S/C27H29N9O9S2/c1-4-34-9-10-35(23(41)22(34)40)26(44)29-17(14-5-7-16(8-6-14)45-13(2)37)20(38)28-18-21(39)36-19(25(42)43)15(11-46-24(18)36)12-47-27-30-31-32-33(27)3/h5-8,17-18,24H,4,9-12H2,1-3H3,(H,28,38)(H,29,44)(H,42,43). The average Bonchev–Trinajstić information content (AvgIpc) is 3.46. The van der Waals surface area contributed by atoms with Gasteiger partial charge < -0.3 is 25.4 Å². The summed E-state index contributed by atoms with van der Waals surface area (Å²) in [7, 11) is 1.64. The first-order valence-electron chi connectivity index (χ1n) is 14.2. The van der Waals surface area contributed by atoms with E-state index < -0.39 is 59.1 Å². The summed E-state index contributed by atoms with van der Waals surface area (Å²) < 4.78 is 6.47. The number of imide groups is 1. The molecule has 0 saturated carbocycles. The van der Waals surface area contributed by atoms with Crippen LogP contribution in [0.25, 0.3) is 0 Å². The lowest BCUT2D eigenvalue weighted by Gasteiger charge is -2.49. The highest BCUT2D eigenvalue weighted by Crippen LogP contribution is 2.41. The zero-order chi connectivity index (χ0) is 34.0. The molecule has 0 aliphatic carbocycles. The Balaban J connectivity index is 1.34. The minimum absolute atomic E-state index is 0.100. The second-order valence-corrected chi connectivity index (χ2v) is 12.5. The first-order valence-corrected chi connectivity index (χ1v) is 16.2. The molecule has 3 unspecified atom stereocenters. The van der Waals surface area contributed by atoms with Crippen molar-refractivity contribution in [3.63, 3.8) is 0 Å². The molecule has 3 aliphatic heterocycles. The quantitative estimate of drug-likeness (QED) is 0.0906. The number of β-lactam (4-membered cyclic amide) rings is 1. The van der Waals surface area contributed by atoms with E-state index in [0.29, 0.717) is 15.6 Å². The van der Waals surface area contributed by atoms with Crippen molar-refractivity contribution < 1.29 is 43.4 Å². The predicted molar refractivity (Wildman–Crippen MR) is 162 cm³/mol. The number of hydrogen-bond acceptors (Lipinski definition) is 13. The topological polar surface area (TPSA) is 226 Å². The average molecular weight is 688 g/mol. The summed E-state index contributed by atoms with van der Waals surface area (Å²) in [5.41, 5.74) is 0.499. The summed E-state index contributed by atoms with van der Waals surface area (Å²) in [6, 6.07) is 2.02. The number of amides is 6. The Morgan fingerprint density at radius 1 is 1.13 bits per heavy atom. The molecule has 3 aliphatic rings. The fourth-order valence-corrected chi connectivity index (χ4v) is 7.43. The second kappa shape index (κ2) is 13.8. The van der Waals surface area contributed by atoms with E-state index in [0.717, 1.165) is 4.90 Å². The van der Waals surface area contributed by atoms with Gasteiger partial charge in [-0.25, -0.2) is 14.3 Å². The molecule has 2 saturated heterocycles. The Hall–Kier alpha value is -4.98. The molecule has 0 radical (unpaired) electrons. The number of fused-ring (bicyclic) bond motifs is 1. The van der Waals surface area contributed by atoms with E-state index in [4.69, 9.17) is 4.74 Å². The molecule has 4 heterocycles. The van der Waals surface area contributed by atoms with Gasteiger partial charge in [-0.2, -0.15) is 0 Å². The van der Waals surface area contributed by atoms with Crippen molar-refractivity contribution in [1.82, 2.24) is 45.5 Å². The summed E-state index contributed by atoms with van der Waals surface area (Å²) in [6.45, 7) is 3.20. The summed E-state index contributed by atoms with van der Waals surface area (Å²) in [5.74, 6) is -4.66. The fourth-order valence-electron chi connectivity index (χ4n) is 5.09. The molecule has 6 amide bonds. The van der Waals surface area contributed by atoms with Gasteiger partial charge in [0.05, 0.1) is 0 Å². The minimum atomic E-state index is -1.46. The number of aliphatic carboxylic acids is 1. The molecule has 0 bridgehead atoms. The largest absolute Gasteiger partial charge is 0.477 e. The van der Waals surface area contributed by atoms with Crippen LogP contribution in [0.2, 0.25) is 0 Å². The molecule has 5 rings (SSSR count). The van der Waals surface area contributed by atoms with Crippen molar-refractivity contribution in [3.8, 4) is 5.75 Å². The zero-order valence-electron chi connectivity index (χ0n) is 25.2. The summed E-state index contributed by atoms with van der Waals surface area (Å²) in [6.07, 6.45) is 0. The van der Waals surface area contributed by atoms with Crippen LogP contribution >= 0.6 is 23.5 Å². The highest BCUT2D eigenvalue weighted by Gasteiger charge is 2.54. The molecule has 3 N–H and O–H groups in total. The third kappa shape index (κ3) is 6.77.